The summed E-state index contributed by atoms with van der Waals surface area (Å²) in [6.07, 6.45) is 0.539. The molecule has 0 spiro atoms. The Labute approximate surface area is 122 Å². The summed E-state index contributed by atoms with van der Waals surface area (Å²) in [5.74, 6) is 0.171. The van der Waals surface area contributed by atoms with Gasteiger partial charge in [0.15, 0.2) is 5.78 Å². The first-order valence-corrected chi connectivity index (χ1v) is 7.44. The maximum Gasteiger partial charge on any atom is 0.162 e. The number of hydrogen-bond donors (Lipinski definition) is 1. The SMILES string of the molecule is CCC(=O)c1ccc(NC(C)c2ccc(Cl)s2)cc1. The van der Waals surface area contributed by atoms with Crippen molar-refractivity contribution in [2.45, 2.75) is 26.3 Å². The second kappa shape index (κ2) is 6.22. The zero-order valence-corrected chi connectivity index (χ0v) is 12.5. The molecule has 1 atom stereocenters. The Morgan fingerprint density at radius 2 is 1.95 bits per heavy atom. The smallest absolute Gasteiger partial charge is 0.162 e. The van der Waals surface area contributed by atoms with E-state index in [1.54, 1.807) is 11.3 Å². The van der Waals surface area contributed by atoms with Crippen LogP contribution in [0.2, 0.25) is 4.34 Å². The maximum absolute atomic E-state index is 11.5. The van der Waals surface area contributed by atoms with Crippen molar-refractivity contribution in [2.75, 3.05) is 5.32 Å². The number of nitrogens with one attached hydrogen (secondary N) is 1. The molecule has 2 aromatic rings. The third-order valence-corrected chi connectivity index (χ3v) is 4.35. The van der Waals surface area contributed by atoms with Crippen LogP contribution >= 0.6 is 22.9 Å². The molecule has 0 aliphatic heterocycles. The predicted molar refractivity (Wildman–Crippen MR) is 82.4 cm³/mol. The van der Waals surface area contributed by atoms with E-state index < -0.39 is 0 Å². The van der Waals surface area contributed by atoms with Crippen molar-refractivity contribution >= 4 is 34.4 Å². The highest BCUT2D eigenvalue weighted by molar-refractivity contribution is 7.16. The Morgan fingerprint density at radius 1 is 1.26 bits per heavy atom. The average molecular weight is 294 g/mol. The molecule has 0 radical (unpaired) electrons. The van der Waals surface area contributed by atoms with Crippen molar-refractivity contribution in [3.8, 4) is 0 Å². The fraction of sp³-hybridized carbons (Fsp3) is 0.267. The van der Waals surface area contributed by atoms with Crippen LogP contribution in [0.25, 0.3) is 0 Å². The molecular formula is C15H16ClNOS. The lowest BCUT2D eigenvalue weighted by Gasteiger charge is -2.13. The predicted octanol–water partition coefficient (Wildman–Crippen LogP) is 5.17. The summed E-state index contributed by atoms with van der Waals surface area (Å²) >= 11 is 7.51. The van der Waals surface area contributed by atoms with Crippen LogP contribution in [0.5, 0.6) is 0 Å². The summed E-state index contributed by atoms with van der Waals surface area (Å²) in [7, 11) is 0. The van der Waals surface area contributed by atoms with Gasteiger partial charge in [0.05, 0.1) is 10.4 Å². The van der Waals surface area contributed by atoms with Crippen molar-refractivity contribution < 1.29 is 4.79 Å². The minimum atomic E-state index is 0.171. The van der Waals surface area contributed by atoms with Gasteiger partial charge in [0.1, 0.15) is 0 Å². The molecule has 19 heavy (non-hydrogen) atoms. The number of anilines is 1. The monoisotopic (exact) mass is 293 g/mol. The summed E-state index contributed by atoms with van der Waals surface area (Å²) in [5.41, 5.74) is 1.77. The summed E-state index contributed by atoms with van der Waals surface area (Å²) in [5, 5.41) is 3.40. The van der Waals surface area contributed by atoms with Gasteiger partial charge in [-0.2, -0.15) is 0 Å². The number of benzene rings is 1. The van der Waals surface area contributed by atoms with E-state index in [1.807, 2.05) is 43.3 Å². The molecule has 0 aliphatic rings. The third-order valence-electron chi connectivity index (χ3n) is 2.93. The largest absolute Gasteiger partial charge is 0.378 e. The van der Waals surface area contributed by atoms with Crippen LogP contribution < -0.4 is 5.32 Å². The second-order valence-corrected chi connectivity index (χ2v) is 6.11. The molecule has 1 unspecified atom stereocenters. The Balaban J connectivity index is 2.05. The molecule has 1 N–H and O–H groups in total. The number of thiophene rings is 1. The summed E-state index contributed by atoms with van der Waals surface area (Å²) < 4.78 is 0.799. The quantitative estimate of drug-likeness (QED) is 0.771. The van der Waals surface area contributed by atoms with Crippen LogP contribution in [-0.2, 0) is 0 Å². The molecule has 0 amide bonds. The average Bonchev–Trinajstić information content (AvgIpc) is 2.85. The molecule has 0 aliphatic carbocycles. The van der Waals surface area contributed by atoms with Gasteiger partial charge in [-0.05, 0) is 43.3 Å². The van der Waals surface area contributed by atoms with E-state index in [0.717, 1.165) is 15.6 Å². The van der Waals surface area contributed by atoms with Gasteiger partial charge in [0.2, 0.25) is 0 Å². The van der Waals surface area contributed by atoms with Crippen molar-refractivity contribution in [3.63, 3.8) is 0 Å². The molecule has 2 nitrogen and oxygen atoms in total. The lowest BCUT2D eigenvalue weighted by molar-refractivity contribution is 0.0988. The molecule has 1 heterocycles. The van der Waals surface area contributed by atoms with Crippen LogP contribution in [-0.4, -0.2) is 5.78 Å². The number of rotatable bonds is 5. The van der Waals surface area contributed by atoms with E-state index in [4.69, 9.17) is 11.6 Å². The second-order valence-electron chi connectivity index (χ2n) is 4.36. The minimum Gasteiger partial charge on any atom is -0.378 e. The normalized spacial score (nSPS) is 12.2. The molecule has 1 aromatic carbocycles. The Morgan fingerprint density at radius 3 is 2.47 bits per heavy atom. The van der Waals surface area contributed by atoms with E-state index in [-0.39, 0.29) is 11.8 Å². The molecule has 100 valence electrons. The van der Waals surface area contributed by atoms with Crippen LogP contribution in [0.4, 0.5) is 5.69 Å². The summed E-state index contributed by atoms with van der Waals surface area (Å²) in [6, 6.07) is 11.7. The van der Waals surface area contributed by atoms with Crippen molar-refractivity contribution in [2.24, 2.45) is 0 Å². The van der Waals surface area contributed by atoms with E-state index in [9.17, 15) is 4.79 Å². The molecule has 1 aromatic heterocycles. The molecule has 0 saturated heterocycles. The van der Waals surface area contributed by atoms with Crippen LogP contribution in [0.15, 0.2) is 36.4 Å². The minimum absolute atomic E-state index is 0.171. The Bertz CT molecular complexity index is 562. The van der Waals surface area contributed by atoms with Gasteiger partial charge in [-0.15, -0.1) is 11.3 Å². The fourth-order valence-electron chi connectivity index (χ4n) is 1.84. The van der Waals surface area contributed by atoms with E-state index >= 15 is 0 Å². The van der Waals surface area contributed by atoms with Crippen LogP contribution in [0.1, 0.15) is 41.5 Å². The van der Waals surface area contributed by atoms with E-state index in [0.29, 0.717) is 6.42 Å². The van der Waals surface area contributed by atoms with Gasteiger partial charge < -0.3 is 5.32 Å². The number of hydrogen-bond acceptors (Lipinski definition) is 3. The highest BCUT2D eigenvalue weighted by atomic mass is 35.5. The molecule has 2 rings (SSSR count). The first-order valence-electron chi connectivity index (χ1n) is 6.25. The number of carbonyl (C=O) groups is 1. The van der Waals surface area contributed by atoms with Gasteiger partial charge in [-0.25, -0.2) is 0 Å². The Hall–Kier alpha value is -1.32. The number of carbonyl (C=O) groups excluding carboxylic acids is 1. The van der Waals surface area contributed by atoms with Gasteiger partial charge >= 0.3 is 0 Å². The third kappa shape index (κ3) is 3.58. The van der Waals surface area contributed by atoms with Crippen molar-refractivity contribution in [3.05, 3.63) is 51.2 Å². The molecule has 0 fully saturated rings. The molecule has 0 saturated carbocycles. The molecule has 4 heteroatoms. The summed E-state index contributed by atoms with van der Waals surface area (Å²) in [6.45, 7) is 3.96. The highest BCUT2D eigenvalue weighted by Gasteiger charge is 2.08. The summed E-state index contributed by atoms with van der Waals surface area (Å²) in [4.78, 5) is 12.7. The van der Waals surface area contributed by atoms with Gasteiger partial charge in [0, 0.05) is 22.5 Å². The van der Waals surface area contributed by atoms with Gasteiger partial charge in [-0.3, -0.25) is 4.79 Å². The van der Waals surface area contributed by atoms with Crippen LogP contribution in [0.3, 0.4) is 0 Å². The van der Waals surface area contributed by atoms with E-state index in [2.05, 4.69) is 12.2 Å². The zero-order chi connectivity index (χ0) is 13.8. The first kappa shape index (κ1) is 14.1. The lowest BCUT2D eigenvalue weighted by Crippen LogP contribution is -2.05. The van der Waals surface area contributed by atoms with Gasteiger partial charge in [-0.1, -0.05) is 18.5 Å². The number of halogens is 1. The standard InChI is InChI=1S/C15H16ClNOS/c1-3-13(18)11-4-6-12(7-5-11)17-10(2)14-8-9-15(16)19-14/h4-10,17H,3H2,1-2H3. The number of ketones is 1. The van der Waals surface area contributed by atoms with Crippen LogP contribution in [0, 0.1) is 0 Å². The molecular weight excluding hydrogens is 278 g/mol. The fourth-order valence-corrected chi connectivity index (χ4v) is 2.90. The topological polar surface area (TPSA) is 29.1 Å². The van der Waals surface area contributed by atoms with Crippen molar-refractivity contribution in [1.82, 2.24) is 0 Å². The first-order chi connectivity index (χ1) is 9.10. The lowest BCUT2D eigenvalue weighted by atomic mass is 10.1. The Kier molecular flexibility index (Phi) is 4.61. The molecule has 0 bridgehead atoms. The van der Waals surface area contributed by atoms with Crippen molar-refractivity contribution in [1.29, 1.82) is 0 Å². The maximum atomic E-state index is 11.5. The number of Topliss-reactive ketones (excluding diaryl/α,β-unsaturated/α-hetero) is 1. The highest BCUT2D eigenvalue weighted by Crippen LogP contribution is 2.29. The zero-order valence-electron chi connectivity index (χ0n) is 10.9. The van der Waals surface area contributed by atoms with E-state index in [1.165, 1.54) is 4.88 Å². The van der Waals surface area contributed by atoms with Gasteiger partial charge in [0.25, 0.3) is 0 Å².